The van der Waals surface area contributed by atoms with E-state index in [0.29, 0.717) is 51.1 Å². The molecule has 1 aliphatic heterocycles. The van der Waals surface area contributed by atoms with Crippen LogP contribution < -0.4 is 24.4 Å². The van der Waals surface area contributed by atoms with Crippen molar-refractivity contribution in [2.45, 2.75) is 19.9 Å². The molecule has 0 unspecified atom stereocenters. The highest BCUT2D eigenvalue weighted by atomic mass is 127. The van der Waals surface area contributed by atoms with Crippen molar-refractivity contribution < 1.29 is 23.4 Å². The molecule has 0 spiro atoms. The van der Waals surface area contributed by atoms with Crippen LogP contribution in [0.25, 0.3) is 17.4 Å². The molecule has 0 fully saturated rings. The van der Waals surface area contributed by atoms with Gasteiger partial charge in [-0.1, -0.05) is 29.5 Å². The second-order valence-corrected chi connectivity index (χ2v) is 10.7. The highest BCUT2D eigenvalue weighted by molar-refractivity contribution is 14.1. The quantitative estimate of drug-likeness (QED) is 0.202. The Morgan fingerprint density at radius 3 is 2.54 bits per heavy atom. The predicted molar refractivity (Wildman–Crippen MR) is 157 cm³/mol. The molecule has 0 saturated heterocycles. The van der Waals surface area contributed by atoms with E-state index in [1.165, 1.54) is 29.2 Å². The Kier molecular flexibility index (Phi) is 8.03. The van der Waals surface area contributed by atoms with E-state index in [4.69, 9.17) is 18.6 Å². The van der Waals surface area contributed by atoms with Gasteiger partial charge in [0.05, 0.1) is 36.5 Å². The first-order valence-electron chi connectivity index (χ1n) is 12.3. The number of halogens is 1. The summed E-state index contributed by atoms with van der Waals surface area (Å²) in [4.78, 5) is 31.4. The fourth-order valence-electron chi connectivity index (χ4n) is 4.32. The van der Waals surface area contributed by atoms with E-state index in [0.717, 1.165) is 9.13 Å². The van der Waals surface area contributed by atoms with Crippen LogP contribution in [0.2, 0.25) is 0 Å². The summed E-state index contributed by atoms with van der Waals surface area (Å²) in [5, 5.41) is 0. The van der Waals surface area contributed by atoms with Crippen LogP contribution in [0.4, 0.5) is 0 Å². The van der Waals surface area contributed by atoms with Crippen LogP contribution in [-0.4, -0.2) is 30.9 Å². The monoisotopic (exact) mass is 656 g/mol. The molecule has 3 heterocycles. The first-order valence-corrected chi connectivity index (χ1v) is 14.2. The zero-order valence-corrected chi connectivity index (χ0v) is 24.4. The molecule has 1 aliphatic rings. The summed E-state index contributed by atoms with van der Waals surface area (Å²) in [7, 11) is 1.30. The number of carbonyl (C=O) groups excluding carboxylic acids is 1. The van der Waals surface area contributed by atoms with Gasteiger partial charge in [-0.2, -0.15) is 0 Å². The average molecular weight is 656 g/mol. The largest absolute Gasteiger partial charge is 0.490 e. The Labute approximate surface area is 242 Å². The molecule has 2 aromatic heterocycles. The number of ether oxygens (including phenoxy) is 3. The fraction of sp³-hybridized carbons (Fsp3) is 0.207. The number of rotatable bonds is 8. The molecule has 5 rings (SSSR count). The smallest absolute Gasteiger partial charge is 0.337 e. The first kappa shape index (κ1) is 26.9. The van der Waals surface area contributed by atoms with Crippen molar-refractivity contribution in [3.63, 3.8) is 0 Å². The third-order valence-electron chi connectivity index (χ3n) is 6.04. The molecule has 4 aromatic rings. The molecule has 0 radical (unpaired) electrons. The van der Waals surface area contributed by atoms with E-state index < -0.39 is 12.0 Å². The lowest BCUT2D eigenvalue weighted by Crippen LogP contribution is -2.39. The number of thiazole rings is 1. The highest BCUT2D eigenvalue weighted by Crippen LogP contribution is 2.35. The van der Waals surface area contributed by atoms with Gasteiger partial charge in [0.2, 0.25) is 0 Å². The molecule has 8 nitrogen and oxygen atoms in total. The van der Waals surface area contributed by atoms with Crippen LogP contribution in [0.15, 0.2) is 80.6 Å². The first-order chi connectivity index (χ1) is 18.9. The number of carbonyl (C=O) groups is 1. The number of fused-ring (bicyclic) bond motifs is 1. The highest BCUT2D eigenvalue weighted by Gasteiger charge is 2.31. The molecule has 1 atom stereocenters. The maximum Gasteiger partial charge on any atom is 0.337 e. The third-order valence-corrected chi connectivity index (χ3v) is 7.75. The Morgan fingerprint density at radius 1 is 1.08 bits per heavy atom. The molecule has 200 valence electrons. The molecule has 0 saturated carbocycles. The molecule has 10 heteroatoms. The van der Waals surface area contributed by atoms with Gasteiger partial charge in [-0.25, -0.2) is 9.79 Å². The van der Waals surface area contributed by atoms with E-state index in [-0.39, 0.29) is 11.1 Å². The lowest BCUT2D eigenvalue weighted by Gasteiger charge is -2.23. The van der Waals surface area contributed by atoms with Crippen molar-refractivity contribution >= 4 is 46.0 Å². The Hall–Kier alpha value is -3.64. The van der Waals surface area contributed by atoms with E-state index >= 15 is 0 Å². The van der Waals surface area contributed by atoms with Gasteiger partial charge in [0.25, 0.3) is 5.56 Å². The molecular weight excluding hydrogens is 631 g/mol. The normalized spacial score (nSPS) is 14.8. The Morgan fingerprint density at radius 2 is 1.82 bits per heavy atom. The number of nitrogens with zero attached hydrogens (tertiary/aromatic N) is 2. The van der Waals surface area contributed by atoms with Gasteiger partial charge < -0.3 is 18.6 Å². The van der Waals surface area contributed by atoms with Crippen LogP contribution in [0, 0.1) is 3.57 Å². The van der Waals surface area contributed by atoms with Crippen molar-refractivity contribution in [1.29, 1.82) is 0 Å². The van der Waals surface area contributed by atoms with Crippen molar-refractivity contribution in [1.82, 2.24) is 4.57 Å². The standard InChI is InChI=1S/C29H25IN2O6S/c1-4-36-23-12-8-18(14-24(23)37-5-2)26-21(28(34)35-3)16-31-29-32(26)27(33)25(39-29)15-20-11-13-22(38-20)17-6-9-19(30)10-7-17/h6-16,26H,4-5H2,1-3H3/b25-15-/t26-/m1/s1. The Bertz CT molecular complexity index is 1730. The topological polar surface area (TPSA) is 92.3 Å². The maximum absolute atomic E-state index is 13.8. The minimum atomic E-state index is -0.760. The minimum absolute atomic E-state index is 0.238. The SMILES string of the molecule is CCOc1ccc([C@@H]2C(C(=O)OC)=CN=c3s/c(=C\c4ccc(-c5ccc(I)cc5)o4)c(=O)n32)cc1OCC. The second-order valence-electron chi connectivity index (χ2n) is 8.46. The molecule has 0 N–H and O–H groups in total. The van der Waals surface area contributed by atoms with Gasteiger partial charge in [0.1, 0.15) is 11.5 Å². The molecule has 0 amide bonds. The van der Waals surface area contributed by atoms with Crippen molar-refractivity contribution in [3.05, 3.63) is 101 Å². The summed E-state index contributed by atoms with van der Waals surface area (Å²) in [6, 6.07) is 16.3. The van der Waals surface area contributed by atoms with Crippen LogP contribution in [-0.2, 0) is 9.53 Å². The maximum atomic E-state index is 13.8. The predicted octanol–water partition coefficient (Wildman–Crippen LogP) is 4.68. The van der Waals surface area contributed by atoms with E-state index in [1.807, 2.05) is 56.3 Å². The van der Waals surface area contributed by atoms with Crippen LogP contribution >= 0.6 is 33.9 Å². The van der Waals surface area contributed by atoms with Gasteiger partial charge in [-0.05, 0) is 78.4 Å². The number of aromatic nitrogens is 1. The van der Waals surface area contributed by atoms with Gasteiger partial charge in [-0.3, -0.25) is 9.36 Å². The van der Waals surface area contributed by atoms with Gasteiger partial charge in [0, 0.05) is 21.4 Å². The van der Waals surface area contributed by atoms with Crippen molar-refractivity contribution in [2.24, 2.45) is 4.99 Å². The van der Waals surface area contributed by atoms with Gasteiger partial charge in [0.15, 0.2) is 16.3 Å². The summed E-state index contributed by atoms with van der Waals surface area (Å²) < 4.78 is 25.6. The van der Waals surface area contributed by atoms with Crippen LogP contribution in [0.1, 0.15) is 31.2 Å². The molecular formula is C29H25IN2O6S. The summed E-state index contributed by atoms with van der Waals surface area (Å²) >= 11 is 3.48. The van der Waals surface area contributed by atoms with Crippen molar-refractivity contribution in [2.75, 3.05) is 20.3 Å². The van der Waals surface area contributed by atoms with Crippen LogP contribution in [0.3, 0.4) is 0 Å². The molecule has 0 bridgehead atoms. The fourth-order valence-corrected chi connectivity index (χ4v) is 5.63. The summed E-state index contributed by atoms with van der Waals surface area (Å²) in [5.41, 5.74) is 1.55. The Balaban J connectivity index is 1.60. The number of benzene rings is 2. The third kappa shape index (κ3) is 5.44. The van der Waals surface area contributed by atoms with Gasteiger partial charge >= 0.3 is 5.97 Å². The number of hydrogen-bond donors (Lipinski definition) is 0. The number of esters is 1. The second kappa shape index (κ2) is 11.6. The zero-order chi connectivity index (χ0) is 27.5. The lowest BCUT2D eigenvalue weighted by atomic mass is 9.97. The van der Waals surface area contributed by atoms with E-state index in [1.54, 1.807) is 18.2 Å². The zero-order valence-electron chi connectivity index (χ0n) is 21.5. The summed E-state index contributed by atoms with van der Waals surface area (Å²) in [6.07, 6.45) is 3.16. The molecule has 39 heavy (non-hydrogen) atoms. The van der Waals surface area contributed by atoms with Gasteiger partial charge in [-0.15, -0.1) is 0 Å². The summed E-state index contributed by atoms with van der Waals surface area (Å²) in [6.45, 7) is 4.67. The van der Waals surface area contributed by atoms with Crippen LogP contribution in [0.5, 0.6) is 11.5 Å². The summed E-state index contributed by atoms with van der Waals surface area (Å²) in [5.74, 6) is 1.78. The number of furan rings is 1. The number of methoxy groups -OCH3 is 1. The van der Waals surface area contributed by atoms with E-state index in [9.17, 15) is 9.59 Å². The molecule has 2 aromatic carbocycles. The average Bonchev–Trinajstić information content (AvgIpc) is 3.54. The van der Waals surface area contributed by atoms with Crippen molar-refractivity contribution in [3.8, 4) is 22.8 Å². The van der Waals surface area contributed by atoms with E-state index in [2.05, 4.69) is 27.6 Å². The minimum Gasteiger partial charge on any atom is -0.490 e. The lowest BCUT2D eigenvalue weighted by molar-refractivity contribution is -0.136. The molecule has 0 aliphatic carbocycles. The number of hydrogen-bond acceptors (Lipinski definition) is 8.